The average Bonchev–Trinajstić information content (AvgIpc) is 2.04. The van der Waals surface area contributed by atoms with Crippen LogP contribution < -0.4 is 5.73 Å². The van der Waals surface area contributed by atoms with Crippen LogP contribution in [0.1, 0.15) is 0 Å². The van der Waals surface area contributed by atoms with Crippen LogP contribution in [0.3, 0.4) is 0 Å². The molecule has 0 atom stereocenters. The van der Waals surface area contributed by atoms with Gasteiger partial charge < -0.3 is 10.5 Å². The van der Waals surface area contributed by atoms with Crippen molar-refractivity contribution in [3.05, 3.63) is 0 Å². The van der Waals surface area contributed by atoms with Crippen molar-refractivity contribution >= 4 is 17.8 Å². The molecule has 0 spiro atoms. The highest BCUT2D eigenvalue weighted by Gasteiger charge is 2.07. The van der Waals surface area contributed by atoms with Crippen molar-refractivity contribution in [2.45, 2.75) is 0 Å². The van der Waals surface area contributed by atoms with Gasteiger partial charge >= 0.3 is 6.16 Å². The number of primary amides is 1. The molecule has 2 N–H and O–H groups in total. The third-order valence-corrected chi connectivity index (χ3v) is 0.717. The van der Waals surface area contributed by atoms with E-state index in [1.54, 1.807) is 0 Å². The number of nitriles is 1. The Kier molecular flexibility index (Phi) is 3.86. The highest BCUT2D eigenvalue weighted by Crippen LogP contribution is 1.84. The first kappa shape index (κ1) is 9.90. The molecule has 0 bridgehead atoms. The minimum atomic E-state index is -1.14. The zero-order chi connectivity index (χ0) is 9.56. The molecule has 7 heteroatoms. The minimum Gasteiger partial charge on any atom is -0.436 e. The van der Waals surface area contributed by atoms with E-state index in [2.05, 4.69) is 20.5 Å². The van der Waals surface area contributed by atoms with Crippen molar-refractivity contribution < 1.29 is 19.2 Å². The molecule has 0 unspecified atom stereocenters. The second-order valence-corrected chi connectivity index (χ2v) is 1.46. The molecule has 0 saturated carbocycles. The first-order chi connectivity index (χ1) is 5.61. The van der Waals surface area contributed by atoms with Gasteiger partial charge in [0.2, 0.25) is 5.71 Å². The molecule has 0 rings (SSSR count). The molecular weight excluding hydrogens is 166 g/mol. The summed E-state index contributed by atoms with van der Waals surface area (Å²) in [5, 5.41) is 11.0. The molecule has 1 amide bonds. The maximum atomic E-state index is 10.3. The molecule has 0 aliphatic carbocycles. The van der Waals surface area contributed by atoms with Gasteiger partial charge in [0.1, 0.15) is 6.07 Å². The fourth-order valence-corrected chi connectivity index (χ4v) is 0.241. The molecule has 7 nitrogen and oxygen atoms in total. The van der Waals surface area contributed by atoms with Crippen LogP contribution in [0.2, 0.25) is 0 Å². The molecule has 0 aliphatic rings. The van der Waals surface area contributed by atoms with Crippen LogP contribution in [-0.4, -0.2) is 24.9 Å². The van der Waals surface area contributed by atoms with Gasteiger partial charge in [0.05, 0.1) is 7.11 Å². The van der Waals surface area contributed by atoms with E-state index in [-0.39, 0.29) is 0 Å². The van der Waals surface area contributed by atoms with Crippen LogP contribution in [0.5, 0.6) is 0 Å². The van der Waals surface area contributed by atoms with Crippen LogP contribution in [0, 0.1) is 11.3 Å². The zero-order valence-electron chi connectivity index (χ0n) is 6.10. The van der Waals surface area contributed by atoms with Crippen LogP contribution in [-0.2, 0) is 14.4 Å². The summed E-state index contributed by atoms with van der Waals surface area (Å²) in [6.45, 7) is 0. The lowest BCUT2D eigenvalue weighted by molar-refractivity contribution is -0.112. The standard InChI is InChI=1S/C5H5N3O4/c1-11-5(10)12-8-3(2-6)4(7)9/h1H3,(H2,7,9)/b8-3-. The zero-order valence-corrected chi connectivity index (χ0v) is 6.10. The number of amides is 1. The van der Waals surface area contributed by atoms with Gasteiger partial charge in [0.25, 0.3) is 5.91 Å². The average molecular weight is 171 g/mol. The van der Waals surface area contributed by atoms with Gasteiger partial charge in [-0.25, -0.2) is 4.79 Å². The van der Waals surface area contributed by atoms with Crippen LogP contribution >= 0.6 is 0 Å². The SMILES string of the molecule is COC(=O)O/N=C(/C#N)C(N)=O. The Morgan fingerprint density at radius 1 is 1.58 bits per heavy atom. The van der Waals surface area contributed by atoms with Crippen molar-refractivity contribution in [1.29, 1.82) is 5.26 Å². The Labute approximate surface area is 67.3 Å². The topological polar surface area (TPSA) is 115 Å². The number of carbonyl (C=O) groups is 2. The number of nitrogens with two attached hydrogens (primary N) is 1. The van der Waals surface area contributed by atoms with E-state index in [9.17, 15) is 9.59 Å². The van der Waals surface area contributed by atoms with Gasteiger partial charge in [-0.15, -0.1) is 0 Å². The molecule has 0 aliphatic heterocycles. The summed E-state index contributed by atoms with van der Waals surface area (Å²) in [7, 11) is 1.05. The van der Waals surface area contributed by atoms with Crippen molar-refractivity contribution in [3.63, 3.8) is 0 Å². The van der Waals surface area contributed by atoms with Gasteiger partial charge in [-0.1, -0.05) is 5.16 Å². The summed E-state index contributed by atoms with van der Waals surface area (Å²) >= 11 is 0. The van der Waals surface area contributed by atoms with Crippen molar-refractivity contribution in [2.24, 2.45) is 10.9 Å². The smallest absolute Gasteiger partial charge is 0.436 e. The second kappa shape index (κ2) is 4.68. The largest absolute Gasteiger partial charge is 0.534 e. The Balaban J connectivity index is 4.25. The number of methoxy groups -OCH3 is 1. The van der Waals surface area contributed by atoms with Gasteiger partial charge in [-0.05, 0) is 0 Å². The summed E-state index contributed by atoms with van der Waals surface area (Å²) in [4.78, 5) is 24.4. The quantitative estimate of drug-likeness (QED) is 0.251. The number of rotatable bonds is 2. The molecule has 0 aromatic rings. The van der Waals surface area contributed by atoms with E-state index in [0.29, 0.717) is 0 Å². The van der Waals surface area contributed by atoms with Gasteiger partial charge in [0, 0.05) is 0 Å². The number of ether oxygens (including phenoxy) is 1. The predicted octanol–water partition coefficient (Wildman–Crippen LogP) is -0.866. The van der Waals surface area contributed by atoms with Crippen LogP contribution in [0.4, 0.5) is 4.79 Å². The molecule has 0 aromatic heterocycles. The molecular formula is C5H5N3O4. The first-order valence-electron chi connectivity index (χ1n) is 2.64. The molecule has 0 heterocycles. The Hall–Kier alpha value is -2.10. The van der Waals surface area contributed by atoms with E-state index in [1.165, 1.54) is 6.07 Å². The van der Waals surface area contributed by atoms with Crippen molar-refractivity contribution in [2.75, 3.05) is 7.11 Å². The van der Waals surface area contributed by atoms with Gasteiger partial charge in [-0.2, -0.15) is 5.26 Å². The van der Waals surface area contributed by atoms with Gasteiger partial charge in [-0.3, -0.25) is 9.63 Å². The minimum absolute atomic E-state index is 0.708. The van der Waals surface area contributed by atoms with E-state index >= 15 is 0 Å². The summed E-state index contributed by atoms with van der Waals surface area (Å²) in [5.41, 5.74) is 3.94. The fourth-order valence-electron chi connectivity index (χ4n) is 0.241. The third kappa shape index (κ3) is 3.17. The lowest BCUT2D eigenvalue weighted by atomic mass is 10.4. The molecule has 0 radical (unpaired) electrons. The highest BCUT2D eigenvalue weighted by atomic mass is 16.8. The third-order valence-electron chi connectivity index (χ3n) is 0.717. The number of hydrogen-bond acceptors (Lipinski definition) is 6. The lowest BCUT2D eigenvalue weighted by Gasteiger charge is -1.92. The Bertz CT molecular complexity index is 264. The fraction of sp³-hybridized carbons (Fsp3) is 0.200. The number of oxime groups is 1. The van der Waals surface area contributed by atoms with E-state index in [1.807, 2.05) is 0 Å². The lowest BCUT2D eigenvalue weighted by Crippen LogP contribution is -2.22. The Morgan fingerprint density at radius 2 is 2.17 bits per heavy atom. The summed E-state index contributed by atoms with van der Waals surface area (Å²) in [6, 6.07) is 1.32. The summed E-state index contributed by atoms with van der Waals surface area (Å²) in [6.07, 6.45) is -1.14. The molecule has 0 fully saturated rings. The molecule has 12 heavy (non-hydrogen) atoms. The number of carbonyl (C=O) groups excluding carboxylic acids is 2. The van der Waals surface area contributed by atoms with E-state index in [4.69, 9.17) is 5.26 Å². The van der Waals surface area contributed by atoms with Crippen LogP contribution in [0.15, 0.2) is 5.16 Å². The van der Waals surface area contributed by atoms with E-state index < -0.39 is 17.8 Å². The second-order valence-electron chi connectivity index (χ2n) is 1.46. The summed E-state index contributed by atoms with van der Waals surface area (Å²) in [5.74, 6) is -1.08. The molecule has 64 valence electrons. The van der Waals surface area contributed by atoms with Crippen molar-refractivity contribution in [1.82, 2.24) is 0 Å². The first-order valence-corrected chi connectivity index (χ1v) is 2.64. The predicted molar refractivity (Wildman–Crippen MR) is 35.7 cm³/mol. The maximum Gasteiger partial charge on any atom is 0.534 e. The monoisotopic (exact) mass is 171 g/mol. The molecule has 0 saturated heterocycles. The van der Waals surface area contributed by atoms with Crippen LogP contribution in [0.25, 0.3) is 0 Å². The molecule has 0 aromatic carbocycles. The summed E-state index contributed by atoms with van der Waals surface area (Å²) < 4.78 is 4.00. The van der Waals surface area contributed by atoms with Crippen molar-refractivity contribution in [3.8, 4) is 6.07 Å². The number of nitrogens with zero attached hydrogens (tertiary/aromatic N) is 2. The maximum absolute atomic E-state index is 10.3. The van der Waals surface area contributed by atoms with E-state index in [0.717, 1.165) is 7.11 Å². The van der Waals surface area contributed by atoms with Gasteiger partial charge in [0.15, 0.2) is 0 Å². The highest BCUT2D eigenvalue weighted by molar-refractivity contribution is 6.44. The number of hydrogen-bond donors (Lipinski definition) is 1. The Morgan fingerprint density at radius 3 is 2.50 bits per heavy atom. The normalized spacial score (nSPS) is 9.83.